The van der Waals surface area contributed by atoms with Crippen molar-refractivity contribution in [2.24, 2.45) is 11.5 Å². The van der Waals surface area contributed by atoms with E-state index >= 15 is 0 Å². The highest BCUT2D eigenvalue weighted by atomic mass is 16.4. The number of nitrogens with two attached hydrogens (primary N) is 2. The van der Waals surface area contributed by atoms with Crippen molar-refractivity contribution >= 4 is 12.0 Å². The zero-order chi connectivity index (χ0) is 12.2. The van der Waals surface area contributed by atoms with E-state index in [2.05, 4.69) is 9.97 Å². The summed E-state index contributed by atoms with van der Waals surface area (Å²) >= 11 is 0. The molecule has 0 aliphatic rings. The Labute approximate surface area is 94.4 Å². The highest BCUT2D eigenvalue weighted by Crippen LogP contribution is 1.92. The molecule has 0 aliphatic heterocycles. The van der Waals surface area contributed by atoms with Crippen LogP contribution in [0.5, 0.6) is 0 Å². The van der Waals surface area contributed by atoms with Gasteiger partial charge in [0.1, 0.15) is 0 Å². The van der Waals surface area contributed by atoms with Crippen LogP contribution in [0.25, 0.3) is 6.08 Å². The molecule has 0 unspecified atom stereocenters. The molecule has 0 saturated carbocycles. The van der Waals surface area contributed by atoms with E-state index in [4.69, 9.17) is 16.6 Å². The molecule has 90 valence electrons. The van der Waals surface area contributed by atoms with E-state index in [9.17, 15) is 4.79 Å². The van der Waals surface area contributed by atoms with E-state index in [1.807, 2.05) is 0 Å². The predicted molar refractivity (Wildman–Crippen MR) is 62.6 cm³/mol. The quantitative estimate of drug-likeness (QED) is 0.422. The second kappa shape index (κ2) is 9.88. The van der Waals surface area contributed by atoms with E-state index < -0.39 is 5.97 Å². The molecule has 6 N–H and O–H groups in total. The second-order valence-electron chi connectivity index (χ2n) is 2.95. The van der Waals surface area contributed by atoms with Gasteiger partial charge >= 0.3 is 5.97 Å². The first kappa shape index (κ1) is 14.3. The fourth-order valence-electron chi connectivity index (χ4n) is 0.808. The minimum Gasteiger partial charge on any atom is -0.478 e. The minimum absolute atomic E-state index is 0.613. The molecule has 1 aromatic heterocycles. The van der Waals surface area contributed by atoms with Gasteiger partial charge in [-0.2, -0.15) is 0 Å². The third-order valence-corrected chi connectivity index (χ3v) is 1.57. The highest BCUT2D eigenvalue weighted by molar-refractivity contribution is 5.84. The molecular weight excluding hydrogens is 208 g/mol. The number of aliphatic carboxylic acids is 1. The molecule has 1 heterocycles. The van der Waals surface area contributed by atoms with E-state index in [0.29, 0.717) is 5.69 Å². The lowest BCUT2D eigenvalue weighted by Crippen LogP contribution is -2.03. The lowest BCUT2D eigenvalue weighted by Gasteiger charge is -1.87. The summed E-state index contributed by atoms with van der Waals surface area (Å²) in [5.41, 5.74) is 10.9. The van der Waals surface area contributed by atoms with Crippen molar-refractivity contribution in [3.8, 4) is 0 Å². The molecule has 6 heteroatoms. The topological polar surface area (TPSA) is 118 Å². The summed E-state index contributed by atoms with van der Waals surface area (Å²) in [5.74, 6) is -0.969. The maximum Gasteiger partial charge on any atom is 0.328 e. The Morgan fingerprint density at radius 2 is 2.06 bits per heavy atom. The molecule has 0 fully saturated rings. The average Bonchev–Trinajstić information content (AvgIpc) is 2.77. The van der Waals surface area contributed by atoms with Gasteiger partial charge in [0.05, 0.1) is 12.0 Å². The molecule has 0 radical (unpaired) electrons. The standard InChI is InChI=1S/C6H6N2O2.C4H12N2/c9-6(10)2-1-5-3-7-4-8-5;5-3-1-2-4-6/h1-4H,(H,7,8)(H,9,10);1-6H2/b2-1+;. The Balaban J connectivity index is 0.000000325. The molecule has 1 rings (SSSR count). The second-order valence-corrected chi connectivity index (χ2v) is 2.95. The van der Waals surface area contributed by atoms with Crippen LogP contribution in [-0.4, -0.2) is 34.1 Å². The number of aromatic nitrogens is 2. The van der Waals surface area contributed by atoms with Gasteiger partial charge in [-0.25, -0.2) is 9.78 Å². The number of carbonyl (C=O) groups is 1. The first-order valence-electron chi connectivity index (χ1n) is 5.00. The van der Waals surface area contributed by atoms with Gasteiger partial charge < -0.3 is 21.6 Å². The average molecular weight is 226 g/mol. The largest absolute Gasteiger partial charge is 0.478 e. The van der Waals surface area contributed by atoms with E-state index in [-0.39, 0.29) is 0 Å². The first-order chi connectivity index (χ1) is 7.70. The fraction of sp³-hybridized carbons (Fsp3) is 0.400. The van der Waals surface area contributed by atoms with Gasteiger partial charge in [-0.15, -0.1) is 0 Å². The Kier molecular flexibility index (Phi) is 8.85. The Morgan fingerprint density at radius 3 is 2.44 bits per heavy atom. The summed E-state index contributed by atoms with van der Waals surface area (Å²) in [6, 6.07) is 0. The summed E-state index contributed by atoms with van der Waals surface area (Å²) in [5, 5.41) is 8.19. The van der Waals surface area contributed by atoms with Crippen LogP contribution in [0.3, 0.4) is 0 Å². The smallest absolute Gasteiger partial charge is 0.328 e. The van der Waals surface area contributed by atoms with Gasteiger partial charge in [0.15, 0.2) is 0 Å². The number of hydrogen-bond acceptors (Lipinski definition) is 4. The van der Waals surface area contributed by atoms with Crippen molar-refractivity contribution in [1.82, 2.24) is 9.97 Å². The van der Waals surface area contributed by atoms with Crippen LogP contribution >= 0.6 is 0 Å². The van der Waals surface area contributed by atoms with Crippen molar-refractivity contribution in [1.29, 1.82) is 0 Å². The molecule has 0 aromatic carbocycles. The first-order valence-corrected chi connectivity index (χ1v) is 5.00. The van der Waals surface area contributed by atoms with Gasteiger partial charge in [0.2, 0.25) is 0 Å². The number of nitrogens with zero attached hydrogens (tertiary/aromatic N) is 1. The summed E-state index contributed by atoms with van der Waals surface area (Å²) in [4.78, 5) is 16.5. The van der Waals surface area contributed by atoms with E-state index in [1.54, 1.807) is 6.20 Å². The number of rotatable bonds is 5. The number of carboxylic acids is 1. The van der Waals surface area contributed by atoms with E-state index in [0.717, 1.165) is 32.0 Å². The van der Waals surface area contributed by atoms with Crippen LogP contribution in [0, 0.1) is 0 Å². The number of hydrogen-bond donors (Lipinski definition) is 4. The lowest BCUT2D eigenvalue weighted by molar-refractivity contribution is -0.131. The molecule has 16 heavy (non-hydrogen) atoms. The summed E-state index contributed by atoms with van der Waals surface area (Å²) in [6.45, 7) is 1.55. The number of imidazole rings is 1. The van der Waals surface area contributed by atoms with Gasteiger partial charge in [0.25, 0.3) is 0 Å². The molecule has 0 aliphatic carbocycles. The predicted octanol–water partition coefficient (Wildman–Crippen LogP) is 0.192. The molecular formula is C10H18N4O2. The van der Waals surface area contributed by atoms with E-state index in [1.165, 1.54) is 12.4 Å². The lowest BCUT2D eigenvalue weighted by atomic mass is 10.3. The van der Waals surface area contributed by atoms with Crippen molar-refractivity contribution in [2.75, 3.05) is 13.1 Å². The van der Waals surface area contributed by atoms with Crippen molar-refractivity contribution in [2.45, 2.75) is 12.8 Å². The third kappa shape index (κ3) is 8.92. The van der Waals surface area contributed by atoms with Crippen LogP contribution in [0.1, 0.15) is 18.5 Å². The molecule has 0 saturated heterocycles. The Morgan fingerprint density at radius 1 is 1.44 bits per heavy atom. The Bertz CT molecular complexity index is 292. The van der Waals surface area contributed by atoms with Crippen LogP contribution in [0.4, 0.5) is 0 Å². The van der Waals surface area contributed by atoms with Crippen molar-refractivity contribution in [3.63, 3.8) is 0 Å². The minimum atomic E-state index is -0.969. The summed E-state index contributed by atoms with van der Waals surface area (Å²) in [7, 11) is 0. The van der Waals surface area contributed by atoms with Crippen LogP contribution in [0.2, 0.25) is 0 Å². The van der Waals surface area contributed by atoms with Crippen LogP contribution < -0.4 is 11.5 Å². The number of unbranched alkanes of at least 4 members (excludes halogenated alkanes) is 1. The van der Waals surface area contributed by atoms with Crippen LogP contribution in [-0.2, 0) is 4.79 Å². The summed E-state index contributed by atoms with van der Waals surface area (Å²) in [6.07, 6.45) is 7.68. The molecule has 0 spiro atoms. The summed E-state index contributed by atoms with van der Waals surface area (Å²) < 4.78 is 0. The third-order valence-electron chi connectivity index (χ3n) is 1.57. The molecule has 6 nitrogen and oxygen atoms in total. The SMILES string of the molecule is NCCCCN.O=C(O)/C=C/c1c[nH]cn1. The van der Waals surface area contributed by atoms with Crippen LogP contribution in [0.15, 0.2) is 18.6 Å². The van der Waals surface area contributed by atoms with Gasteiger partial charge in [-0.1, -0.05) is 0 Å². The molecule has 1 aromatic rings. The van der Waals surface area contributed by atoms with Crippen molar-refractivity contribution < 1.29 is 9.90 Å². The molecule has 0 amide bonds. The maximum absolute atomic E-state index is 9.97. The van der Waals surface area contributed by atoms with Crippen molar-refractivity contribution in [3.05, 3.63) is 24.3 Å². The van der Waals surface area contributed by atoms with Gasteiger partial charge in [-0.05, 0) is 32.0 Å². The number of nitrogens with one attached hydrogen (secondary N) is 1. The number of H-pyrrole nitrogens is 1. The molecule has 0 atom stereocenters. The van der Waals surface area contributed by atoms with Gasteiger partial charge in [0, 0.05) is 12.3 Å². The normalized spacial score (nSPS) is 9.88. The molecule has 0 bridgehead atoms. The Hall–Kier alpha value is -1.66. The number of carboxylic acid groups (broad SMARTS) is 1. The number of aromatic amines is 1. The zero-order valence-corrected chi connectivity index (χ0v) is 9.10. The maximum atomic E-state index is 9.97. The highest BCUT2D eigenvalue weighted by Gasteiger charge is 1.88. The van der Waals surface area contributed by atoms with Gasteiger partial charge in [-0.3, -0.25) is 0 Å². The monoisotopic (exact) mass is 226 g/mol. The zero-order valence-electron chi connectivity index (χ0n) is 9.10. The fourth-order valence-corrected chi connectivity index (χ4v) is 0.808.